The van der Waals surface area contributed by atoms with E-state index in [2.05, 4.69) is 25.5 Å². The number of nitrogens with zero attached hydrogens (tertiary/aromatic N) is 4. The Morgan fingerprint density at radius 2 is 1.84 bits per heavy atom. The molecular formula is C17H16Cl2N6. The van der Waals surface area contributed by atoms with E-state index in [4.69, 9.17) is 28.2 Å². The molecule has 4 rings (SSSR count). The molecule has 2 N–H and O–H groups in total. The van der Waals surface area contributed by atoms with Crippen LogP contribution >= 0.6 is 23.2 Å². The number of piperazine rings is 1. The van der Waals surface area contributed by atoms with Gasteiger partial charge in [0.1, 0.15) is 17.7 Å². The normalized spacial score (nSPS) is 14.7. The summed E-state index contributed by atoms with van der Waals surface area (Å²) in [6, 6.07) is 9.33. The summed E-state index contributed by atoms with van der Waals surface area (Å²) < 4.78 is 0. The number of rotatable bonds is 3. The maximum atomic E-state index is 6.09. The molecule has 0 radical (unpaired) electrons. The smallest absolute Gasteiger partial charge is 0.160 e. The zero-order valence-corrected chi connectivity index (χ0v) is 14.8. The van der Waals surface area contributed by atoms with Gasteiger partial charge in [0.15, 0.2) is 5.82 Å². The molecule has 3 heterocycles. The van der Waals surface area contributed by atoms with E-state index in [1.54, 1.807) is 12.1 Å². The van der Waals surface area contributed by atoms with Crippen molar-refractivity contribution < 1.29 is 0 Å². The van der Waals surface area contributed by atoms with Gasteiger partial charge in [0.05, 0.1) is 15.6 Å². The Bertz CT molecular complexity index is 911. The highest BCUT2D eigenvalue weighted by atomic mass is 35.5. The molecule has 0 spiro atoms. The van der Waals surface area contributed by atoms with Gasteiger partial charge >= 0.3 is 0 Å². The lowest BCUT2D eigenvalue weighted by Crippen LogP contribution is -2.43. The van der Waals surface area contributed by atoms with Crippen molar-refractivity contribution in [3.63, 3.8) is 0 Å². The number of pyridine rings is 1. The van der Waals surface area contributed by atoms with E-state index in [1.807, 2.05) is 18.2 Å². The summed E-state index contributed by atoms with van der Waals surface area (Å²) in [5, 5.41) is 7.60. The molecular weight excluding hydrogens is 359 g/mol. The van der Waals surface area contributed by atoms with Gasteiger partial charge in [0.2, 0.25) is 0 Å². The van der Waals surface area contributed by atoms with E-state index in [0.29, 0.717) is 15.9 Å². The summed E-state index contributed by atoms with van der Waals surface area (Å²) in [6.45, 7) is 3.78. The van der Waals surface area contributed by atoms with Crippen molar-refractivity contribution in [2.45, 2.75) is 0 Å². The fraction of sp³-hybridized carbons (Fsp3) is 0.235. The zero-order chi connectivity index (χ0) is 17.2. The Hall–Kier alpha value is -2.15. The standard InChI is InChI=1S/C17H16Cl2N6/c18-12-2-1-11(9-13(12)19)23-17-16-14(21-10-22-17)3-4-15(24-16)25-7-5-20-6-8-25/h1-4,9-10,20H,5-8H2,(H,21,22,23). The summed E-state index contributed by atoms with van der Waals surface area (Å²) in [5.74, 6) is 1.57. The Balaban J connectivity index is 1.71. The molecule has 2 aromatic heterocycles. The Labute approximate surface area is 155 Å². The third kappa shape index (κ3) is 3.46. The number of anilines is 3. The number of aromatic nitrogens is 3. The molecule has 0 amide bonds. The fourth-order valence-electron chi connectivity index (χ4n) is 2.80. The summed E-state index contributed by atoms with van der Waals surface area (Å²) in [4.78, 5) is 15.7. The number of hydrogen-bond acceptors (Lipinski definition) is 6. The van der Waals surface area contributed by atoms with Crippen molar-refractivity contribution in [1.29, 1.82) is 0 Å². The lowest BCUT2D eigenvalue weighted by Gasteiger charge is -2.28. The SMILES string of the molecule is Clc1ccc(Nc2ncnc3ccc(N4CCNCC4)nc23)cc1Cl. The molecule has 0 atom stereocenters. The van der Waals surface area contributed by atoms with Gasteiger partial charge in [0.25, 0.3) is 0 Å². The minimum atomic E-state index is 0.486. The van der Waals surface area contributed by atoms with E-state index in [-0.39, 0.29) is 0 Å². The highest BCUT2D eigenvalue weighted by molar-refractivity contribution is 6.42. The summed E-state index contributed by atoms with van der Waals surface area (Å²) in [7, 11) is 0. The molecule has 0 unspecified atom stereocenters. The van der Waals surface area contributed by atoms with Crippen molar-refractivity contribution in [3.8, 4) is 0 Å². The van der Waals surface area contributed by atoms with Crippen LogP contribution < -0.4 is 15.5 Å². The number of halogens is 2. The number of hydrogen-bond donors (Lipinski definition) is 2. The third-order valence-corrected chi connectivity index (χ3v) is 4.83. The number of fused-ring (bicyclic) bond motifs is 1. The van der Waals surface area contributed by atoms with Crippen molar-refractivity contribution in [2.24, 2.45) is 0 Å². The monoisotopic (exact) mass is 374 g/mol. The molecule has 3 aromatic rings. The fourth-order valence-corrected chi connectivity index (χ4v) is 3.10. The van der Waals surface area contributed by atoms with Gasteiger partial charge in [-0.1, -0.05) is 23.2 Å². The molecule has 1 aliphatic heterocycles. The van der Waals surface area contributed by atoms with Crippen LogP contribution in [0.1, 0.15) is 0 Å². The van der Waals surface area contributed by atoms with Gasteiger partial charge < -0.3 is 15.5 Å². The van der Waals surface area contributed by atoms with Gasteiger partial charge in [-0.2, -0.15) is 0 Å². The number of nitrogens with one attached hydrogen (secondary N) is 2. The lowest BCUT2D eigenvalue weighted by molar-refractivity contribution is 0.585. The average molecular weight is 375 g/mol. The van der Waals surface area contributed by atoms with Gasteiger partial charge in [-0.05, 0) is 30.3 Å². The molecule has 1 saturated heterocycles. The van der Waals surface area contributed by atoms with Gasteiger partial charge in [0, 0.05) is 31.9 Å². The first kappa shape index (κ1) is 16.3. The molecule has 0 saturated carbocycles. The largest absolute Gasteiger partial charge is 0.354 e. The predicted molar refractivity (Wildman–Crippen MR) is 102 cm³/mol. The topological polar surface area (TPSA) is 66.0 Å². The van der Waals surface area contributed by atoms with Crippen LogP contribution in [-0.2, 0) is 0 Å². The summed E-state index contributed by atoms with van der Waals surface area (Å²) >= 11 is 12.1. The van der Waals surface area contributed by atoms with Crippen LogP contribution in [0.15, 0.2) is 36.7 Å². The maximum absolute atomic E-state index is 6.09. The molecule has 1 aliphatic rings. The van der Waals surface area contributed by atoms with Crippen LogP contribution in [0.4, 0.5) is 17.3 Å². The molecule has 1 fully saturated rings. The maximum Gasteiger partial charge on any atom is 0.160 e. The highest BCUT2D eigenvalue weighted by Gasteiger charge is 2.14. The second kappa shape index (κ2) is 7.00. The molecule has 1 aromatic carbocycles. The zero-order valence-electron chi connectivity index (χ0n) is 13.3. The number of benzene rings is 1. The first-order chi connectivity index (χ1) is 12.2. The van der Waals surface area contributed by atoms with Crippen LogP contribution in [0, 0.1) is 0 Å². The Kier molecular flexibility index (Phi) is 4.57. The van der Waals surface area contributed by atoms with Gasteiger partial charge in [-0.3, -0.25) is 0 Å². The molecule has 0 bridgehead atoms. The van der Waals surface area contributed by atoms with Gasteiger partial charge in [-0.25, -0.2) is 15.0 Å². The van der Waals surface area contributed by atoms with Crippen molar-refractivity contribution in [2.75, 3.05) is 36.4 Å². The second-order valence-electron chi connectivity index (χ2n) is 5.75. The van der Waals surface area contributed by atoms with E-state index in [9.17, 15) is 0 Å². The second-order valence-corrected chi connectivity index (χ2v) is 6.56. The summed E-state index contributed by atoms with van der Waals surface area (Å²) in [6.07, 6.45) is 1.52. The van der Waals surface area contributed by atoms with Gasteiger partial charge in [-0.15, -0.1) is 0 Å². The van der Waals surface area contributed by atoms with E-state index < -0.39 is 0 Å². The Morgan fingerprint density at radius 3 is 2.64 bits per heavy atom. The van der Waals surface area contributed by atoms with Crippen LogP contribution in [-0.4, -0.2) is 41.1 Å². The van der Waals surface area contributed by atoms with Crippen LogP contribution in [0.5, 0.6) is 0 Å². The minimum absolute atomic E-state index is 0.486. The van der Waals surface area contributed by atoms with E-state index >= 15 is 0 Å². The van der Waals surface area contributed by atoms with Crippen LogP contribution in [0.2, 0.25) is 10.0 Å². The average Bonchev–Trinajstić information content (AvgIpc) is 2.65. The third-order valence-electron chi connectivity index (χ3n) is 4.09. The highest BCUT2D eigenvalue weighted by Crippen LogP contribution is 2.28. The van der Waals surface area contributed by atoms with E-state index in [0.717, 1.165) is 48.7 Å². The molecule has 25 heavy (non-hydrogen) atoms. The van der Waals surface area contributed by atoms with Crippen LogP contribution in [0.3, 0.4) is 0 Å². The Morgan fingerprint density at radius 1 is 1.00 bits per heavy atom. The molecule has 8 heteroatoms. The minimum Gasteiger partial charge on any atom is -0.354 e. The summed E-state index contributed by atoms with van der Waals surface area (Å²) in [5.41, 5.74) is 2.31. The molecule has 6 nitrogen and oxygen atoms in total. The first-order valence-corrected chi connectivity index (χ1v) is 8.76. The molecule has 0 aliphatic carbocycles. The first-order valence-electron chi connectivity index (χ1n) is 8.00. The van der Waals surface area contributed by atoms with Crippen molar-refractivity contribution >= 4 is 51.6 Å². The quantitative estimate of drug-likeness (QED) is 0.731. The molecule has 128 valence electrons. The van der Waals surface area contributed by atoms with Crippen LogP contribution in [0.25, 0.3) is 11.0 Å². The van der Waals surface area contributed by atoms with Crippen molar-refractivity contribution in [1.82, 2.24) is 20.3 Å². The van der Waals surface area contributed by atoms with Crippen molar-refractivity contribution in [3.05, 3.63) is 46.7 Å². The predicted octanol–water partition coefficient (Wildman–Crippen LogP) is 3.48. The van der Waals surface area contributed by atoms with E-state index in [1.165, 1.54) is 6.33 Å². The lowest BCUT2D eigenvalue weighted by atomic mass is 10.3.